The average Bonchev–Trinajstić information content (AvgIpc) is 2.69. The van der Waals surface area contributed by atoms with E-state index in [9.17, 15) is 0 Å². The summed E-state index contributed by atoms with van der Waals surface area (Å²) in [5, 5.41) is 3.46. The van der Waals surface area contributed by atoms with Crippen molar-refractivity contribution in [1.29, 1.82) is 0 Å². The first-order valence-corrected chi connectivity index (χ1v) is 9.90. The van der Waals surface area contributed by atoms with Crippen LogP contribution < -0.4 is 10.2 Å². The summed E-state index contributed by atoms with van der Waals surface area (Å²) in [6.07, 6.45) is 2.41. The third kappa shape index (κ3) is 5.37. The van der Waals surface area contributed by atoms with E-state index in [1.807, 2.05) is 18.2 Å². The summed E-state index contributed by atoms with van der Waals surface area (Å²) in [7, 11) is 0. The molecule has 0 amide bonds. The fourth-order valence-corrected chi connectivity index (χ4v) is 3.34. The Morgan fingerprint density at radius 3 is 1.74 bits per heavy atom. The SMILES string of the molecule is CC(C)CCC(C)N(c1ccccc1)c1ccc(Nc2ccccc2)cc1. The Morgan fingerprint density at radius 2 is 1.15 bits per heavy atom. The standard InChI is InChI=1S/C25H30N2/c1-20(2)14-15-21(3)27(24-12-8-5-9-13-24)25-18-16-23(17-19-25)26-22-10-6-4-7-11-22/h4-13,16-21,26H,14-15H2,1-3H3. The summed E-state index contributed by atoms with van der Waals surface area (Å²) < 4.78 is 0. The van der Waals surface area contributed by atoms with Crippen molar-refractivity contribution in [3.8, 4) is 0 Å². The first-order valence-electron chi connectivity index (χ1n) is 9.90. The molecule has 0 aliphatic carbocycles. The lowest BCUT2D eigenvalue weighted by Crippen LogP contribution is -2.28. The Balaban J connectivity index is 1.81. The normalized spacial score (nSPS) is 12.0. The molecule has 0 aromatic heterocycles. The molecule has 2 nitrogen and oxygen atoms in total. The molecule has 0 heterocycles. The van der Waals surface area contributed by atoms with Crippen LogP contribution in [0.3, 0.4) is 0 Å². The Labute approximate surface area is 163 Å². The number of hydrogen-bond donors (Lipinski definition) is 1. The maximum Gasteiger partial charge on any atom is 0.0414 e. The Hall–Kier alpha value is -2.74. The molecule has 27 heavy (non-hydrogen) atoms. The van der Waals surface area contributed by atoms with Gasteiger partial charge in [0.25, 0.3) is 0 Å². The molecule has 3 aromatic carbocycles. The quantitative estimate of drug-likeness (QED) is 0.451. The fourth-order valence-electron chi connectivity index (χ4n) is 3.34. The van der Waals surface area contributed by atoms with Gasteiger partial charge in [-0.3, -0.25) is 0 Å². The number of benzene rings is 3. The van der Waals surface area contributed by atoms with Crippen LogP contribution in [0.25, 0.3) is 0 Å². The predicted octanol–water partition coefficient (Wildman–Crippen LogP) is 7.39. The maximum atomic E-state index is 3.46. The summed E-state index contributed by atoms with van der Waals surface area (Å²) >= 11 is 0. The monoisotopic (exact) mass is 358 g/mol. The zero-order chi connectivity index (χ0) is 19.1. The number of nitrogens with one attached hydrogen (secondary N) is 1. The minimum absolute atomic E-state index is 0.447. The lowest BCUT2D eigenvalue weighted by molar-refractivity contribution is 0.509. The number of hydrogen-bond acceptors (Lipinski definition) is 2. The van der Waals surface area contributed by atoms with Crippen LogP contribution in [-0.2, 0) is 0 Å². The highest BCUT2D eigenvalue weighted by atomic mass is 15.2. The molecule has 1 N–H and O–H groups in total. The second-order valence-electron chi connectivity index (χ2n) is 7.56. The fraction of sp³-hybridized carbons (Fsp3) is 0.280. The molecule has 0 aliphatic rings. The molecule has 1 unspecified atom stereocenters. The van der Waals surface area contributed by atoms with Crippen molar-refractivity contribution in [2.24, 2.45) is 5.92 Å². The van der Waals surface area contributed by atoms with Crippen molar-refractivity contribution in [3.05, 3.63) is 84.9 Å². The number of anilines is 4. The number of nitrogens with zero attached hydrogens (tertiary/aromatic N) is 1. The van der Waals surface area contributed by atoms with E-state index in [-0.39, 0.29) is 0 Å². The van der Waals surface area contributed by atoms with Crippen molar-refractivity contribution in [1.82, 2.24) is 0 Å². The molecule has 0 radical (unpaired) electrons. The third-order valence-corrected chi connectivity index (χ3v) is 4.84. The van der Waals surface area contributed by atoms with Gasteiger partial charge in [-0.2, -0.15) is 0 Å². The predicted molar refractivity (Wildman–Crippen MR) is 118 cm³/mol. The third-order valence-electron chi connectivity index (χ3n) is 4.84. The van der Waals surface area contributed by atoms with Gasteiger partial charge in [0.2, 0.25) is 0 Å². The second-order valence-corrected chi connectivity index (χ2v) is 7.56. The van der Waals surface area contributed by atoms with Gasteiger partial charge in [-0.25, -0.2) is 0 Å². The van der Waals surface area contributed by atoms with Crippen LogP contribution in [0.5, 0.6) is 0 Å². The van der Waals surface area contributed by atoms with E-state index < -0.39 is 0 Å². The average molecular weight is 359 g/mol. The van der Waals surface area contributed by atoms with E-state index in [1.165, 1.54) is 24.2 Å². The van der Waals surface area contributed by atoms with Crippen molar-refractivity contribution >= 4 is 22.7 Å². The van der Waals surface area contributed by atoms with E-state index in [4.69, 9.17) is 0 Å². The molecule has 3 rings (SSSR count). The molecule has 140 valence electrons. The Kier molecular flexibility index (Phi) is 6.54. The van der Waals surface area contributed by atoms with Gasteiger partial charge in [0.05, 0.1) is 0 Å². The Morgan fingerprint density at radius 1 is 0.630 bits per heavy atom. The smallest absolute Gasteiger partial charge is 0.0414 e. The second kappa shape index (κ2) is 9.27. The highest BCUT2D eigenvalue weighted by molar-refractivity contribution is 5.68. The van der Waals surface area contributed by atoms with Crippen LogP contribution in [0.15, 0.2) is 84.9 Å². The van der Waals surface area contributed by atoms with Crippen molar-refractivity contribution in [2.45, 2.75) is 39.7 Å². The minimum Gasteiger partial charge on any atom is -0.356 e. The van der Waals surface area contributed by atoms with E-state index in [1.54, 1.807) is 0 Å². The summed E-state index contributed by atoms with van der Waals surface area (Å²) in [5.41, 5.74) is 4.69. The van der Waals surface area contributed by atoms with E-state index in [0.29, 0.717) is 6.04 Å². The molecule has 0 aliphatic heterocycles. The minimum atomic E-state index is 0.447. The zero-order valence-electron chi connectivity index (χ0n) is 16.6. The highest BCUT2D eigenvalue weighted by Crippen LogP contribution is 2.31. The van der Waals surface area contributed by atoms with E-state index in [0.717, 1.165) is 17.3 Å². The molecule has 0 fully saturated rings. The lowest BCUT2D eigenvalue weighted by atomic mass is 10.0. The molecular formula is C25H30N2. The zero-order valence-corrected chi connectivity index (χ0v) is 16.6. The molecule has 3 aromatic rings. The van der Waals surface area contributed by atoms with E-state index >= 15 is 0 Å². The number of para-hydroxylation sites is 2. The van der Waals surface area contributed by atoms with Crippen molar-refractivity contribution in [2.75, 3.05) is 10.2 Å². The van der Waals surface area contributed by atoms with Crippen LogP contribution in [0, 0.1) is 5.92 Å². The molecule has 0 saturated carbocycles. The molecular weight excluding hydrogens is 328 g/mol. The van der Waals surface area contributed by atoms with Gasteiger partial charge in [-0.05, 0) is 74.2 Å². The Bertz CT molecular complexity index is 795. The molecule has 2 heteroatoms. The van der Waals surface area contributed by atoms with E-state index in [2.05, 4.69) is 97.7 Å². The molecule has 1 atom stereocenters. The van der Waals surface area contributed by atoms with Crippen LogP contribution in [0.1, 0.15) is 33.6 Å². The molecule has 0 bridgehead atoms. The van der Waals surface area contributed by atoms with Crippen LogP contribution in [-0.4, -0.2) is 6.04 Å². The van der Waals surface area contributed by atoms with Crippen LogP contribution >= 0.6 is 0 Å². The van der Waals surface area contributed by atoms with Gasteiger partial charge in [-0.1, -0.05) is 50.2 Å². The topological polar surface area (TPSA) is 15.3 Å². The van der Waals surface area contributed by atoms with Gasteiger partial charge < -0.3 is 10.2 Å². The summed E-state index contributed by atoms with van der Waals surface area (Å²) in [5.74, 6) is 0.725. The summed E-state index contributed by atoms with van der Waals surface area (Å²) in [6.45, 7) is 6.92. The van der Waals surface area contributed by atoms with Crippen molar-refractivity contribution in [3.63, 3.8) is 0 Å². The first-order chi connectivity index (χ1) is 13.1. The number of rotatable bonds is 8. The van der Waals surface area contributed by atoms with Gasteiger partial charge in [0.15, 0.2) is 0 Å². The van der Waals surface area contributed by atoms with Gasteiger partial charge >= 0.3 is 0 Å². The van der Waals surface area contributed by atoms with Gasteiger partial charge in [-0.15, -0.1) is 0 Å². The van der Waals surface area contributed by atoms with Gasteiger partial charge in [0, 0.05) is 28.8 Å². The maximum absolute atomic E-state index is 3.46. The molecule has 0 saturated heterocycles. The van der Waals surface area contributed by atoms with Crippen molar-refractivity contribution < 1.29 is 0 Å². The van der Waals surface area contributed by atoms with Crippen LogP contribution in [0.4, 0.5) is 22.7 Å². The van der Waals surface area contributed by atoms with Gasteiger partial charge in [0.1, 0.15) is 0 Å². The first kappa shape index (κ1) is 19.0. The molecule has 0 spiro atoms. The largest absolute Gasteiger partial charge is 0.356 e. The lowest BCUT2D eigenvalue weighted by Gasteiger charge is -2.32. The summed E-state index contributed by atoms with van der Waals surface area (Å²) in [4.78, 5) is 2.45. The summed E-state index contributed by atoms with van der Waals surface area (Å²) in [6, 6.07) is 30.2. The highest BCUT2D eigenvalue weighted by Gasteiger charge is 2.17. The van der Waals surface area contributed by atoms with Crippen LogP contribution in [0.2, 0.25) is 0 Å².